The molecule has 0 aliphatic rings. The highest BCUT2D eigenvalue weighted by Gasteiger charge is 2.30. The zero-order valence-corrected chi connectivity index (χ0v) is 17.5. The van der Waals surface area contributed by atoms with Gasteiger partial charge in [0, 0.05) is 13.1 Å². The van der Waals surface area contributed by atoms with Crippen LogP contribution in [-0.2, 0) is 30.7 Å². The number of hydrogen-bond acceptors (Lipinski definition) is 5. The molecule has 3 aromatic rings. The van der Waals surface area contributed by atoms with Crippen molar-refractivity contribution in [1.29, 1.82) is 0 Å². The summed E-state index contributed by atoms with van der Waals surface area (Å²) in [6.07, 6.45) is -4.44. The third-order valence-electron chi connectivity index (χ3n) is 4.30. The second kappa shape index (κ2) is 10.3. The molecule has 0 unspecified atom stereocenters. The standard InChI is InChI=1S/C21H21F3N4O2S/c1-2-28-18(13-30-17-10-6-9-16(11-17)21(22,23)24)26-27-20(28)31-14-19(29)25-12-15-7-4-3-5-8-15/h3-11H,2,12-14H2,1H3,(H,25,29). The van der Waals surface area contributed by atoms with Gasteiger partial charge in [0.25, 0.3) is 0 Å². The van der Waals surface area contributed by atoms with E-state index in [1.54, 1.807) is 4.57 Å². The molecule has 0 radical (unpaired) electrons. The van der Waals surface area contributed by atoms with Gasteiger partial charge >= 0.3 is 6.18 Å². The number of rotatable bonds is 9. The third-order valence-corrected chi connectivity index (χ3v) is 5.27. The van der Waals surface area contributed by atoms with E-state index in [0.717, 1.165) is 17.7 Å². The van der Waals surface area contributed by atoms with Crippen LogP contribution in [0.4, 0.5) is 13.2 Å². The maximum Gasteiger partial charge on any atom is 0.416 e. The van der Waals surface area contributed by atoms with Crippen LogP contribution in [0.2, 0.25) is 0 Å². The predicted molar refractivity (Wildman–Crippen MR) is 110 cm³/mol. The molecule has 0 spiro atoms. The Morgan fingerprint density at radius 3 is 2.61 bits per heavy atom. The van der Waals surface area contributed by atoms with Gasteiger partial charge in [-0.25, -0.2) is 0 Å². The van der Waals surface area contributed by atoms with Gasteiger partial charge in [0.1, 0.15) is 12.4 Å². The summed E-state index contributed by atoms with van der Waals surface area (Å²) in [7, 11) is 0. The second-order valence-electron chi connectivity index (χ2n) is 6.51. The van der Waals surface area contributed by atoms with Gasteiger partial charge in [-0.2, -0.15) is 13.2 Å². The van der Waals surface area contributed by atoms with E-state index in [1.165, 1.54) is 23.9 Å². The molecular weight excluding hydrogens is 429 g/mol. The topological polar surface area (TPSA) is 69.0 Å². The van der Waals surface area contributed by atoms with Gasteiger partial charge < -0.3 is 14.6 Å². The quantitative estimate of drug-likeness (QED) is 0.492. The summed E-state index contributed by atoms with van der Waals surface area (Å²) in [5.74, 6) is 0.586. The van der Waals surface area contributed by atoms with Crippen molar-refractivity contribution in [2.24, 2.45) is 0 Å². The molecule has 0 saturated carbocycles. The van der Waals surface area contributed by atoms with Gasteiger partial charge in [-0.1, -0.05) is 48.2 Å². The number of nitrogens with zero attached hydrogens (tertiary/aromatic N) is 3. The van der Waals surface area contributed by atoms with Crippen molar-refractivity contribution in [1.82, 2.24) is 20.1 Å². The van der Waals surface area contributed by atoms with Gasteiger partial charge in [-0.05, 0) is 30.7 Å². The minimum atomic E-state index is -4.44. The van der Waals surface area contributed by atoms with Gasteiger partial charge in [-0.15, -0.1) is 10.2 Å². The fraction of sp³-hybridized carbons (Fsp3) is 0.286. The van der Waals surface area contributed by atoms with Gasteiger partial charge in [0.05, 0.1) is 11.3 Å². The normalized spacial score (nSPS) is 11.4. The summed E-state index contributed by atoms with van der Waals surface area (Å²) >= 11 is 1.24. The number of aromatic nitrogens is 3. The smallest absolute Gasteiger partial charge is 0.416 e. The molecule has 0 aliphatic carbocycles. The Bertz CT molecular complexity index is 1010. The summed E-state index contributed by atoms with van der Waals surface area (Å²) in [6.45, 7) is 2.82. The van der Waals surface area contributed by atoms with Crippen LogP contribution < -0.4 is 10.1 Å². The van der Waals surface area contributed by atoms with E-state index < -0.39 is 11.7 Å². The molecule has 6 nitrogen and oxygen atoms in total. The molecule has 1 aromatic heterocycles. The number of benzene rings is 2. The number of halogens is 3. The summed E-state index contributed by atoms with van der Waals surface area (Å²) in [6, 6.07) is 14.2. The molecule has 1 N–H and O–H groups in total. The molecule has 0 fully saturated rings. The zero-order valence-electron chi connectivity index (χ0n) is 16.7. The van der Waals surface area contributed by atoms with Crippen molar-refractivity contribution in [3.05, 3.63) is 71.5 Å². The first-order valence-corrected chi connectivity index (χ1v) is 10.5. The molecule has 10 heteroatoms. The Morgan fingerprint density at radius 2 is 1.90 bits per heavy atom. The molecule has 1 heterocycles. The highest BCUT2D eigenvalue weighted by molar-refractivity contribution is 7.99. The average Bonchev–Trinajstić information content (AvgIpc) is 3.17. The lowest BCUT2D eigenvalue weighted by molar-refractivity contribution is -0.137. The number of thioether (sulfide) groups is 1. The third kappa shape index (κ3) is 6.48. The molecule has 31 heavy (non-hydrogen) atoms. The molecule has 3 rings (SSSR count). The van der Waals surface area contributed by atoms with Crippen LogP contribution in [0.5, 0.6) is 5.75 Å². The highest BCUT2D eigenvalue weighted by atomic mass is 32.2. The zero-order chi connectivity index (χ0) is 22.3. The SMILES string of the molecule is CCn1c(COc2cccc(C(F)(F)F)c2)nnc1SCC(=O)NCc1ccccc1. The summed E-state index contributed by atoms with van der Waals surface area (Å²) < 4.78 is 45.8. The van der Waals surface area contributed by atoms with Crippen molar-refractivity contribution in [3.8, 4) is 5.75 Å². The van der Waals surface area contributed by atoms with Crippen molar-refractivity contribution < 1.29 is 22.7 Å². The monoisotopic (exact) mass is 450 g/mol. The molecule has 1 amide bonds. The first kappa shape index (κ1) is 22.7. The molecular formula is C21H21F3N4O2S. The highest BCUT2D eigenvalue weighted by Crippen LogP contribution is 2.31. The van der Waals surface area contributed by atoms with Gasteiger partial charge in [0.15, 0.2) is 11.0 Å². The first-order chi connectivity index (χ1) is 14.9. The maximum atomic E-state index is 12.8. The Balaban J connectivity index is 1.55. The van der Waals surface area contributed by atoms with E-state index >= 15 is 0 Å². The Hall–Kier alpha value is -3.01. The fourth-order valence-corrected chi connectivity index (χ4v) is 3.59. The maximum absolute atomic E-state index is 12.8. The molecule has 0 bridgehead atoms. The van der Waals surface area contributed by atoms with Gasteiger partial charge in [0.2, 0.25) is 5.91 Å². The Morgan fingerprint density at radius 1 is 1.13 bits per heavy atom. The number of hydrogen-bond donors (Lipinski definition) is 1. The first-order valence-electron chi connectivity index (χ1n) is 9.52. The second-order valence-corrected chi connectivity index (χ2v) is 7.45. The minimum Gasteiger partial charge on any atom is -0.486 e. The fourth-order valence-electron chi connectivity index (χ4n) is 2.74. The van der Waals surface area contributed by atoms with Crippen molar-refractivity contribution >= 4 is 17.7 Å². The van der Waals surface area contributed by atoms with Crippen molar-refractivity contribution in [3.63, 3.8) is 0 Å². The lowest BCUT2D eigenvalue weighted by Gasteiger charge is -2.11. The number of ether oxygens (including phenoxy) is 1. The number of nitrogens with one attached hydrogen (secondary N) is 1. The number of carbonyl (C=O) groups excluding carboxylic acids is 1. The van der Waals surface area contributed by atoms with E-state index in [9.17, 15) is 18.0 Å². The summed E-state index contributed by atoms with van der Waals surface area (Å²) in [5, 5.41) is 11.5. The summed E-state index contributed by atoms with van der Waals surface area (Å²) in [4.78, 5) is 12.1. The van der Waals surface area contributed by atoms with Crippen molar-refractivity contribution in [2.75, 3.05) is 5.75 Å². The van der Waals surface area contributed by atoms with Crippen LogP contribution >= 0.6 is 11.8 Å². The molecule has 0 aliphatic heterocycles. The number of alkyl halides is 3. The van der Waals surface area contributed by atoms with Crippen molar-refractivity contribution in [2.45, 2.75) is 38.0 Å². The number of amides is 1. The lowest BCUT2D eigenvalue weighted by Crippen LogP contribution is -2.24. The molecule has 0 saturated heterocycles. The molecule has 0 atom stereocenters. The van der Waals surface area contributed by atoms with E-state index in [2.05, 4.69) is 15.5 Å². The van der Waals surface area contributed by atoms with E-state index in [-0.39, 0.29) is 24.0 Å². The van der Waals surface area contributed by atoms with Crippen LogP contribution in [0.1, 0.15) is 23.9 Å². The largest absolute Gasteiger partial charge is 0.486 e. The summed E-state index contributed by atoms with van der Waals surface area (Å²) in [5.41, 5.74) is 0.228. The molecule has 2 aromatic carbocycles. The van der Waals surface area contributed by atoms with Crippen LogP contribution in [0, 0.1) is 0 Å². The van der Waals surface area contributed by atoms with Crippen LogP contribution in [-0.4, -0.2) is 26.4 Å². The molecule has 164 valence electrons. The van der Waals surface area contributed by atoms with Crippen LogP contribution in [0.25, 0.3) is 0 Å². The lowest BCUT2D eigenvalue weighted by atomic mass is 10.2. The van der Waals surface area contributed by atoms with Crippen LogP contribution in [0.3, 0.4) is 0 Å². The van der Waals surface area contributed by atoms with E-state index in [0.29, 0.717) is 24.1 Å². The van der Waals surface area contributed by atoms with Gasteiger partial charge in [-0.3, -0.25) is 4.79 Å². The van der Waals surface area contributed by atoms with Crippen LogP contribution in [0.15, 0.2) is 59.8 Å². The van der Waals surface area contributed by atoms with E-state index in [4.69, 9.17) is 4.74 Å². The average molecular weight is 450 g/mol. The Kier molecular flexibility index (Phi) is 7.56. The van der Waals surface area contributed by atoms with E-state index in [1.807, 2.05) is 37.3 Å². The minimum absolute atomic E-state index is 0.0388. The Labute approximate surface area is 181 Å². The number of carbonyl (C=O) groups is 1. The predicted octanol–water partition coefficient (Wildman–Crippen LogP) is 4.30.